The third kappa shape index (κ3) is 2.89. The summed E-state index contributed by atoms with van der Waals surface area (Å²) in [6, 6.07) is 4.95. The van der Waals surface area contributed by atoms with E-state index in [1.54, 1.807) is 20.0 Å². The zero-order valence-corrected chi connectivity index (χ0v) is 9.73. The minimum Gasteiger partial charge on any atom is -0.312 e. The highest BCUT2D eigenvalue weighted by Crippen LogP contribution is 2.35. The predicted molar refractivity (Wildman–Crippen MR) is 58.6 cm³/mol. The summed E-state index contributed by atoms with van der Waals surface area (Å²) in [5, 5.41) is 2.38. The van der Waals surface area contributed by atoms with Crippen LogP contribution in [0, 0.1) is 0 Å². The van der Waals surface area contributed by atoms with Crippen molar-refractivity contribution in [3.8, 4) is 0 Å². The van der Waals surface area contributed by atoms with Crippen molar-refractivity contribution < 1.29 is 13.2 Å². The molecule has 1 N–H and O–H groups in total. The zero-order valence-electron chi connectivity index (χ0n) is 8.98. The fourth-order valence-electron chi connectivity index (χ4n) is 1.66. The second-order valence-electron chi connectivity index (χ2n) is 3.53. The Balaban J connectivity index is 3.22. The summed E-state index contributed by atoms with van der Waals surface area (Å²) in [5.41, 5.74) is -0.457. The summed E-state index contributed by atoms with van der Waals surface area (Å²) >= 11 is 5.87. The van der Waals surface area contributed by atoms with Crippen molar-refractivity contribution in [2.24, 2.45) is 0 Å². The molecule has 0 aliphatic carbocycles. The van der Waals surface area contributed by atoms with Crippen LogP contribution >= 0.6 is 11.6 Å². The highest BCUT2D eigenvalue weighted by Gasteiger charge is 2.35. The van der Waals surface area contributed by atoms with Crippen molar-refractivity contribution in [3.63, 3.8) is 0 Å². The summed E-state index contributed by atoms with van der Waals surface area (Å²) < 4.78 is 38.2. The third-order valence-electron chi connectivity index (χ3n) is 2.37. The maximum absolute atomic E-state index is 12.7. The third-order valence-corrected chi connectivity index (χ3v) is 2.62. The molecule has 2 unspecified atom stereocenters. The van der Waals surface area contributed by atoms with Gasteiger partial charge in [0.1, 0.15) is 0 Å². The van der Waals surface area contributed by atoms with Gasteiger partial charge in [0, 0.05) is 6.04 Å². The van der Waals surface area contributed by atoms with E-state index in [1.807, 2.05) is 0 Å². The van der Waals surface area contributed by atoms with E-state index in [0.29, 0.717) is 0 Å². The van der Waals surface area contributed by atoms with Gasteiger partial charge in [0.2, 0.25) is 0 Å². The van der Waals surface area contributed by atoms with Crippen molar-refractivity contribution in [1.29, 1.82) is 0 Å². The zero-order chi connectivity index (χ0) is 12.3. The maximum atomic E-state index is 12.7. The lowest BCUT2D eigenvalue weighted by Gasteiger charge is -2.23. The Morgan fingerprint density at radius 1 is 1.25 bits per heavy atom. The standard InChI is InChI=1S/C11H13ClF3N/c1-7(12)10(16-2)8-5-3-4-6-9(8)11(13,14)15/h3-7,10,16H,1-2H3. The molecule has 0 amide bonds. The van der Waals surface area contributed by atoms with Gasteiger partial charge in [-0.25, -0.2) is 0 Å². The number of rotatable bonds is 3. The van der Waals surface area contributed by atoms with Gasteiger partial charge in [-0.15, -0.1) is 11.6 Å². The smallest absolute Gasteiger partial charge is 0.312 e. The fraction of sp³-hybridized carbons (Fsp3) is 0.455. The van der Waals surface area contributed by atoms with Crippen LogP contribution in [0.2, 0.25) is 0 Å². The maximum Gasteiger partial charge on any atom is 0.416 e. The first-order valence-electron chi connectivity index (χ1n) is 4.85. The van der Waals surface area contributed by atoms with Crippen LogP contribution in [0.15, 0.2) is 24.3 Å². The van der Waals surface area contributed by atoms with Gasteiger partial charge < -0.3 is 5.32 Å². The Labute approximate surface area is 97.6 Å². The van der Waals surface area contributed by atoms with Crippen LogP contribution in [0.4, 0.5) is 13.2 Å². The highest BCUT2D eigenvalue weighted by molar-refractivity contribution is 6.20. The molecule has 0 radical (unpaired) electrons. The number of halogens is 4. The molecule has 0 bridgehead atoms. The summed E-state index contributed by atoms with van der Waals surface area (Å²) in [6.45, 7) is 1.66. The van der Waals surface area contributed by atoms with E-state index >= 15 is 0 Å². The second-order valence-corrected chi connectivity index (χ2v) is 4.22. The molecule has 0 aromatic heterocycles. The van der Waals surface area contributed by atoms with Crippen molar-refractivity contribution in [2.75, 3.05) is 7.05 Å². The molecular weight excluding hydrogens is 239 g/mol. The van der Waals surface area contributed by atoms with Gasteiger partial charge in [0.25, 0.3) is 0 Å². The monoisotopic (exact) mass is 251 g/mol. The summed E-state index contributed by atoms with van der Waals surface area (Å²) in [5.74, 6) is 0. The van der Waals surface area contributed by atoms with Gasteiger partial charge >= 0.3 is 6.18 Å². The van der Waals surface area contributed by atoms with Crippen LogP contribution in [-0.2, 0) is 6.18 Å². The average molecular weight is 252 g/mol. The van der Waals surface area contributed by atoms with E-state index in [2.05, 4.69) is 5.32 Å². The first kappa shape index (κ1) is 13.3. The first-order chi connectivity index (χ1) is 7.38. The largest absolute Gasteiger partial charge is 0.416 e. The van der Waals surface area contributed by atoms with E-state index in [4.69, 9.17) is 11.6 Å². The molecule has 0 aliphatic rings. The van der Waals surface area contributed by atoms with Crippen LogP contribution in [0.3, 0.4) is 0 Å². The SMILES string of the molecule is CNC(c1ccccc1C(F)(F)F)C(C)Cl. The molecule has 1 aromatic rings. The Hall–Kier alpha value is -0.740. The Morgan fingerprint density at radius 2 is 1.81 bits per heavy atom. The van der Waals surface area contributed by atoms with Crippen molar-refractivity contribution in [2.45, 2.75) is 24.5 Å². The van der Waals surface area contributed by atoms with Crippen molar-refractivity contribution in [3.05, 3.63) is 35.4 Å². The number of hydrogen-bond acceptors (Lipinski definition) is 1. The highest BCUT2D eigenvalue weighted by atomic mass is 35.5. The van der Waals surface area contributed by atoms with Gasteiger partial charge in [0.05, 0.1) is 10.9 Å². The number of alkyl halides is 4. The van der Waals surface area contributed by atoms with Crippen LogP contribution in [-0.4, -0.2) is 12.4 Å². The second kappa shape index (κ2) is 5.06. The summed E-state index contributed by atoms with van der Waals surface area (Å²) in [4.78, 5) is 0. The number of nitrogens with one attached hydrogen (secondary N) is 1. The quantitative estimate of drug-likeness (QED) is 0.810. The van der Waals surface area contributed by atoms with Crippen LogP contribution < -0.4 is 5.32 Å². The molecule has 0 aliphatic heterocycles. The Kier molecular flexibility index (Phi) is 4.21. The van der Waals surface area contributed by atoms with Gasteiger partial charge in [-0.3, -0.25) is 0 Å². The van der Waals surface area contributed by atoms with Crippen LogP contribution in [0.5, 0.6) is 0 Å². The minimum absolute atomic E-state index is 0.181. The van der Waals surface area contributed by atoms with Gasteiger partial charge in [-0.05, 0) is 25.6 Å². The van der Waals surface area contributed by atoms with E-state index in [-0.39, 0.29) is 5.56 Å². The molecule has 0 saturated heterocycles. The lowest BCUT2D eigenvalue weighted by atomic mass is 9.98. The van der Waals surface area contributed by atoms with E-state index in [9.17, 15) is 13.2 Å². The summed E-state index contributed by atoms with van der Waals surface area (Å²) in [7, 11) is 1.59. The number of hydrogen-bond donors (Lipinski definition) is 1. The molecule has 1 rings (SSSR count). The number of benzene rings is 1. The van der Waals surface area contributed by atoms with E-state index < -0.39 is 23.2 Å². The molecule has 16 heavy (non-hydrogen) atoms. The molecule has 5 heteroatoms. The van der Waals surface area contributed by atoms with Gasteiger partial charge in [-0.2, -0.15) is 13.2 Å². The average Bonchev–Trinajstić information content (AvgIpc) is 2.17. The van der Waals surface area contributed by atoms with E-state index in [1.165, 1.54) is 12.1 Å². The van der Waals surface area contributed by atoms with Crippen molar-refractivity contribution in [1.82, 2.24) is 5.32 Å². The van der Waals surface area contributed by atoms with Crippen LogP contribution in [0.25, 0.3) is 0 Å². The van der Waals surface area contributed by atoms with Gasteiger partial charge in [-0.1, -0.05) is 18.2 Å². The Morgan fingerprint density at radius 3 is 2.25 bits per heavy atom. The molecule has 2 atom stereocenters. The molecular formula is C11H13ClF3N. The van der Waals surface area contributed by atoms with Gasteiger partial charge in [0.15, 0.2) is 0 Å². The topological polar surface area (TPSA) is 12.0 Å². The Bertz CT molecular complexity index is 349. The first-order valence-corrected chi connectivity index (χ1v) is 5.29. The normalized spacial score (nSPS) is 15.9. The molecule has 0 saturated carbocycles. The fourth-order valence-corrected chi connectivity index (χ4v) is 1.92. The molecule has 1 aromatic carbocycles. The molecule has 0 fully saturated rings. The summed E-state index contributed by atoms with van der Waals surface area (Å²) in [6.07, 6.45) is -4.35. The van der Waals surface area contributed by atoms with Crippen molar-refractivity contribution >= 4 is 11.6 Å². The van der Waals surface area contributed by atoms with Crippen LogP contribution in [0.1, 0.15) is 24.1 Å². The van der Waals surface area contributed by atoms with E-state index in [0.717, 1.165) is 6.07 Å². The molecule has 1 nitrogen and oxygen atoms in total. The molecule has 90 valence electrons. The lowest BCUT2D eigenvalue weighted by molar-refractivity contribution is -0.138. The molecule has 0 heterocycles. The molecule has 0 spiro atoms. The minimum atomic E-state index is -4.35. The lowest BCUT2D eigenvalue weighted by Crippen LogP contribution is -2.26. The predicted octanol–water partition coefficient (Wildman–Crippen LogP) is 3.59.